The van der Waals surface area contributed by atoms with Gasteiger partial charge in [0.25, 0.3) is 5.91 Å². The lowest BCUT2D eigenvalue weighted by molar-refractivity contribution is 0.0851. The quantitative estimate of drug-likeness (QED) is 0.800. The lowest BCUT2D eigenvalue weighted by Crippen LogP contribution is -2.39. The van der Waals surface area contributed by atoms with Crippen molar-refractivity contribution in [2.75, 3.05) is 20.3 Å². The van der Waals surface area contributed by atoms with Crippen LogP contribution in [0.4, 0.5) is 0 Å². The van der Waals surface area contributed by atoms with Crippen molar-refractivity contribution >= 4 is 21.8 Å². The van der Waals surface area contributed by atoms with Crippen molar-refractivity contribution in [3.05, 3.63) is 28.2 Å². The van der Waals surface area contributed by atoms with Crippen molar-refractivity contribution in [3.63, 3.8) is 0 Å². The maximum atomic E-state index is 12.1. The Kier molecular flexibility index (Phi) is 6.49. The van der Waals surface area contributed by atoms with Crippen LogP contribution in [0.2, 0.25) is 0 Å². The summed E-state index contributed by atoms with van der Waals surface area (Å²) in [5.41, 5.74) is 0.330. The molecular weight excluding hydrogens is 322 g/mol. The molecule has 0 saturated carbocycles. The Labute approximate surface area is 128 Å². The number of rotatable bonds is 7. The number of methoxy groups -OCH3 is 1. The van der Waals surface area contributed by atoms with E-state index >= 15 is 0 Å². The van der Waals surface area contributed by atoms with Crippen LogP contribution in [0.15, 0.2) is 22.7 Å². The third-order valence-corrected chi connectivity index (χ3v) is 4.49. The van der Waals surface area contributed by atoms with Crippen LogP contribution in [0.25, 0.3) is 0 Å². The molecule has 0 aromatic heterocycles. The number of nitrogens with one attached hydrogen (secondary N) is 1. The first-order chi connectivity index (χ1) is 9.51. The molecule has 0 unspecified atom stereocenters. The highest BCUT2D eigenvalue weighted by Crippen LogP contribution is 2.26. The van der Waals surface area contributed by atoms with Crippen LogP contribution in [0, 0.1) is 5.41 Å². The monoisotopic (exact) mass is 343 g/mol. The molecular formula is C15H22BrNO3. The Bertz CT molecular complexity index is 450. The fraction of sp³-hybridized carbons (Fsp3) is 0.533. The molecule has 1 aromatic carbocycles. The second kappa shape index (κ2) is 7.64. The Hall–Kier alpha value is -1.07. The topological polar surface area (TPSA) is 58.6 Å². The zero-order valence-electron chi connectivity index (χ0n) is 12.2. The molecule has 0 aliphatic carbocycles. The molecule has 0 saturated heterocycles. The SMILES string of the molecule is CCC(CC)(CO)CNC(=O)c1ccc(OC)c(Br)c1. The first kappa shape index (κ1) is 17.0. The van der Waals surface area contributed by atoms with E-state index in [4.69, 9.17) is 4.74 Å². The van der Waals surface area contributed by atoms with Gasteiger partial charge in [-0.2, -0.15) is 0 Å². The summed E-state index contributed by atoms with van der Waals surface area (Å²) in [7, 11) is 1.58. The van der Waals surface area contributed by atoms with Crippen molar-refractivity contribution in [1.29, 1.82) is 0 Å². The van der Waals surface area contributed by atoms with E-state index in [2.05, 4.69) is 21.2 Å². The van der Waals surface area contributed by atoms with Crippen molar-refractivity contribution < 1.29 is 14.6 Å². The smallest absolute Gasteiger partial charge is 0.251 e. The van der Waals surface area contributed by atoms with E-state index in [0.717, 1.165) is 17.3 Å². The van der Waals surface area contributed by atoms with Gasteiger partial charge in [-0.05, 0) is 47.0 Å². The third-order valence-electron chi connectivity index (χ3n) is 3.87. The first-order valence-electron chi connectivity index (χ1n) is 6.74. The highest BCUT2D eigenvalue weighted by molar-refractivity contribution is 9.10. The summed E-state index contributed by atoms with van der Waals surface area (Å²) in [6.07, 6.45) is 1.65. The third kappa shape index (κ3) is 3.96. The van der Waals surface area contributed by atoms with Crippen LogP contribution in [-0.2, 0) is 0 Å². The van der Waals surface area contributed by atoms with Crippen LogP contribution in [0.3, 0.4) is 0 Å². The van der Waals surface area contributed by atoms with E-state index in [-0.39, 0.29) is 17.9 Å². The molecule has 0 atom stereocenters. The second-order valence-electron chi connectivity index (χ2n) is 4.90. The summed E-state index contributed by atoms with van der Waals surface area (Å²) in [5, 5.41) is 12.4. The van der Waals surface area contributed by atoms with Crippen molar-refractivity contribution in [2.24, 2.45) is 5.41 Å². The van der Waals surface area contributed by atoms with Crippen LogP contribution in [0.5, 0.6) is 5.75 Å². The molecule has 0 bridgehead atoms. The molecule has 20 heavy (non-hydrogen) atoms. The number of carbonyl (C=O) groups excluding carboxylic acids is 1. The Morgan fingerprint density at radius 1 is 1.40 bits per heavy atom. The standard InChI is InChI=1S/C15H22BrNO3/c1-4-15(5-2,10-18)9-17-14(19)11-6-7-13(20-3)12(16)8-11/h6-8,18H,4-5,9-10H2,1-3H3,(H,17,19). The van der Waals surface area contributed by atoms with Gasteiger partial charge >= 0.3 is 0 Å². The fourth-order valence-corrected chi connectivity index (χ4v) is 2.50. The summed E-state index contributed by atoms with van der Waals surface area (Å²) < 4.78 is 5.88. The molecule has 0 spiro atoms. The molecule has 4 nitrogen and oxygen atoms in total. The lowest BCUT2D eigenvalue weighted by Gasteiger charge is -2.29. The molecule has 0 aliphatic rings. The van der Waals surface area contributed by atoms with Crippen molar-refractivity contribution in [2.45, 2.75) is 26.7 Å². The average Bonchev–Trinajstić information content (AvgIpc) is 2.49. The summed E-state index contributed by atoms with van der Waals surface area (Å²) in [5.74, 6) is 0.543. The number of halogens is 1. The predicted octanol–water partition coefficient (Wildman–Crippen LogP) is 2.99. The summed E-state index contributed by atoms with van der Waals surface area (Å²) >= 11 is 3.36. The number of benzene rings is 1. The average molecular weight is 344 g/mol. The minimum atomic E-state index is -0.237. The highest BCUT2D eigenvalue weighted by atomic mass is 79.9. The zero-order chi connectivity index (χ0) is 15.2. The fourth-order valence-electron chi connectivity index (χ4n) is 1.96. The van der Waals surface area contributed by atoms with Gasteiger partial charge in [-0.3, -0.25) is 4.79 Å². The first-order valence-corrected chi connectivity index (χ1v) is 7.53. The number of amides is 1. The number of aliphatic hydroxyl groups is 1. The summed E-state index contributed by atoms with van der Waals surface area (Å²) in [4.78, 5) is 12.1. The molecule has 0 fully saturated rings. The minimum absolute atomic E-state index is 0.0760. The Morgan fingerprint density at radius 2 is 2.05 bits per heavy atom. The maximum absolute atomic E-state index is 12.1. The molecule has 112 valence electrons. The Morgan fingerprint density at radius 3 is 2.50 bits per heavy atom. The minimum Gasteiger partial charge on any atom is -0.496 e. The van der Waals surface area contributed by atoms with Gasteiger partial charge in [0.2, 0.25) is 0 Å². The van der Waals surface area contributed by atoms with Crippen LogP contribution in [0.1, 0.15) is 37.0 Å². The second-order valence-corrected chi connectivity index (χ2v) is 5.75. The molecule has 1 amide bonds. The molecule has 1 rings (SSSR count). The van der Waals surface area contributed by atoms with Gasteiger partial charge in [-0.25, -0.2) is 0 Å². The highest BCUT2D eigenvalue weighted by Gasteiger charge is 2.26. The number of aliphatic hydroxyl groups excluding tert-OH is 1. The molecule has 5 heteroatoms. The van der Waals surface area contributed by atoms with Crippen LogP contribution >= 0.6 is 15.9 Å². The largest absolute Gasteiger partial charge is 0.496 e. The zero-order valence-corrected chi connectivity index (χ0v) is 13.8. The molecule has 1 aromatic rings. The van der Waals surface area contributed by atoms with Gasteiger partial charge < -0.3 is 15.2 Å². The van der Waals surface area contributed by atoms with Crippen LogP contribution in [-0.4, -0.2) is 31.3 Å². The van der Waals surface area contributed by atoms with Gasteiger partial charge in [0.15, 0.2) is 0 Å². The number of ether oxygens (including phenoxy) is 1. The van der Waals surface area contributed by atoms with Crippen molar-refractivity contribution in [3.8, 4) is 5.75 Å². The lowest BCUT2D eigenvalue weighted by atomic mass is 9.83. The maximum Gasteiger partial charge on any atom is 0.251 e. The van der Waals surface area contributed by atoms with Gasteiger partial charge in [0.05, 0.1) is 18.2 Å². The van der Waals surface area contributed by atoms with E-state index in [9.17, 15) is 9.90 Å². The predicted molar refractivity (Wildman–Crippen MR) is 83.1 cm³/mol. The van der Waals surface area contributed by atoms with Gasteiger partial charge in [-0.15, -0.1) is 0 Å². The number of hydrogen-bond acceptors (Lipinski definition) is 3. The summed E-state index contributed by atoms with van der Waals surface area (Å²) in [6, 6.07) is 5.20. The van der Waals surface area contributed by atoms with Gasteiger partial charge in [-0.1, -0.05) is 13.8 Å². The molecule has 0 aliphatic heterocycles. The van der Waals surface area contributed by atoms with Gasteiger partial charge in [0, 0.05) is 17.5 Å². The van der Waals surface area contributed by atoms with Gasteiger partial charge in [0.1, 0.15) is 5.75 Å². The van der Waals surface area contributed by atoms with E-state index in [0.29, 0.717) is 17.9 Å². The number of carbonyl (C=O) groups is 1. The van der Waals surface area contributed by atoms with E-state index in [1.165, 1.54) is 0 Å². The van der Waals surface area contributed by atoms with Crippen molar-refractivity contribution in [1.82, 2.24) is 5.32 Å². The van der Waals surface area contributed by atoms with E-state index < -0.39 is 0 Å². The summed E-state index contributed by atoms with van der Waals surface area (Å²) in [6.45, 7) is 4.59. The molecule has 0 radical (unpaired) electrons. The van der Waals surface area contributed by atoms with E-state index in [1.54, 1.807) is 25.3 Å². The van der Waals surface area contributed by atoms with E-state index in [1.807, 2.05) is 13.8 Å². The molecule has 2 N–H and O–H groups in total. The molecule has 0 heterocycles. The Balaban J connectivity index is 2.74. The normalized spacial score (nSPS) is 11.2. The number of hydrogen-bond donors (Lipinski definition) is 2. The van der Waals surface area contributed by atoms with Crippen LogP contribution < -0.4 is 10.1 Å².